The van der Waals surface area contributed by atoms with E-state index in [2.05, 4.69) is 10.6 Å². The molecule has 0 saturated carbocycles. The van der Waals surface area contributed by atoms with Crippen LogP contribution >= 0.6 is 0 Å². The second kappa shape index (κ2) is 8.01. The lowest BCUT2D eigenvalue weighted by Gasteiger charge is -2.23. The molecule has 0 aromatic heterocycles. The van der Waals surface area contributed by atoms with Gasteiger partial charge in [0.05, 0.1) is 6.04 Å². The molecule has 0 fully saturated rings. The molecule has 0 radical (unpaired) electrons. The third kappa shape index (κ3) is 4.86. The first-order valence-corrected chi connectivity index (χ1v) is 8.04. The fourth-order valence-corrected chi connectivity index (χ4v) is 2.22. The molecule has 3 amide bonds. The minimum atomic E-state index is -0.461. The van der Waals surface area contributed by atoms with Gasteiger partial charge in [0.2, 0.25) is 12.7 Å². The zero-order valence-electron chi connectivity index (χ0n) is 14.6. The molecule has 132 valence electrons. The number of amides is 3. The van der Waals surface area contributed by atoms with Crippen molar-refractivity contribution in [1.29, 1.82) is 0 Å². The average Bonchev–Trinajstić information content (AvgIpc) is 2.99. The summed E-state index contributed by atoms with van der Waals surface area (Å²) in [7, 11) is 1.83. The summed E-state index contributed by atoms with van der Waals surface area (Å²) in [4.78, 5) is 25.7. The van der Waals surface area contributed by atoms with E-state index in [-0.39, 0.29) is 12.7 Å². The lowest BCUT2D eigenvalue weighted by atomic mass is 10.1. The summed E-state index contributed by atoms with van der Waals surface area (Å²) >= 11 is 0. The number of benzene rings is 1. The molecule has 0 aliphatic carbocycles. The van der Waals surface area contributed by atoms with E-state index in [1.165, 1.54) is 0 Å². The SMILES string of the molecule is CC(C)CNC(=O)NC(=O)C(C)N(C)Cc1ccc2c(c1)OCO2. The first-order valence-electron chi connectivity index (χ1n) is 8.04. The number of rotatable bonds is 6. The molecular formula is C17H25N3O4. The number of ether oxygens (including phenoxy) is 2. The minimum absolute atomic E-state index is 0.235. The largest absolute Gasteiger partial charge is 0.454 e. The van der Waals surface area contributed by atoms with Crippen molar-refractivity contribution in [2.75, 3.05) is 20.4 Å². The number of nitrogens with zero attached hydrogens (tertiary/aromatic N) is 1. The van der Waals surface area contributed by atoms with Gasteiger partial charge in [0, 0.05) is 13.1 Å². The van der Waals surface area contributed by atoms with Gasteiger partial charge in [-0.3, -0.25) is 15.0 Å². The van der Waals surface area contributed by atoms with Gasteiger partial charge in [0.25, 0.3) is 0 Å². The molecule has 7 heteroatoms. The van der Waals surface area contributed by atoms with Gasteiger partial charge >= 0.3 is 6.03 Å². The molecule has 1 aromatic rings. The second-order valence-corrected chi connectivity index (χ2v) is 6.37. The quantitative estimate of drug-likeness (QED) is 0.827. The van der Waals surface area contributed by atoms with Crippen LogP contribution in [-0.4, -0.2) is 43.3 Å². The van der Waals surface area contributed by atoms with Gasteiger partial charge in [0.1, 0.15) is 0 Å². The maximum Gasteiger partial charge on any atom is 0.321 e. The highest BCUT2D eigenvalue weighted by Crippen LogP contribution is 2.32. The van der Waals surface area contributed by atoms with E-state index in [0.717, 1.165) is 11.3 Å². The van der Waals surface area contributed by atoms with Crippen LogP contribution in [0.2, 0.25) is 0 Å². The number of imide groups is 1. The average molecular weight is 335 g/mol. The van der Waals surface area contributed by atoms with Crippen LogP contribution < -0.4 is 20.1 Å². The number of nitrogens with one attached hydrogen (secondary N) is 2. The zero-order chi connectivity index (χ0) is 17.7. The van der Waals surface area contributed by atoms with Gasteiger partial charge in [0.15, 0.2) is 11.5 Å². The molecule has 1 unspecified atom stereocenters. The Kier molecular flexibility index (Phi) is 6.03. The van der Waals surface area contributed by atoms with Crippen molar-refractivity contribution in [3.8, 4) is 11.5 Å². The number of carbonyl (C=O) groups is 2. The number of hydrogen-bond donors (Lipinski definition) is 2. The topological polar surface area (TPSA) is 79.9 Å². The highest BCUT2D eigenvalue weighted by molar-refractivity contribution is 5.96. The monoisotopic (exact) mass is 335 g/mol. The lowest BCUT2D eigenvalue weighted by Crippen LogP contribution is -2.48. The smallest absolute Gasteiger partial charge is 0.321 e. The Morgan fingerprint density at radius 3 is 2.62 bits per heavy atom. The molecule has 1 aliphatic heterocycles. The van der Waals surface area contributed by atoms with E-state index in [1.54, 1.807) is 6.92 Å². The standard InChI is InChI=1S/C17H25N3O4/c1-11(2)8-18-17(22)19-16(21)12(3)20(4)9-13-5-6-14-15(7-13)24-10-23-14/h5-7,11-12H,8-10H2,1-4H3,(H2,18,19,21,22). The normalized spacial score (nSPS) is 13.9. The van der Waals surface area contributed by atoms with Gasteiger partial charge < -0.3 is 14.8 Å². The van der Waals surface area contributed by atoms with Gasteiger partial charge in [-0.2, -0.15) is 0 Å². The maximum atomic E-state index is 12.2. The van der Waals surface area contributed by atoms with Gasteiger partial charge in [-0.25, -0.2) is 4.79 Å². The molecule has 1 aromatic carbocycles. The third-order valence-corrected chi connectivity index (χ3v) is 3.82. The van der Waals surface area contributed by atoms with E-state index < -0.39 is 12.1 Å². The fraction of sp³-hybridized carbons (Fsp3) is 0.529. The number of hydrogen-bond acceptors (Lipinski definition) is 5. The summed E-state index contributed by atoms with van der Waals surface area (Å²) in [6.45, 7) is 7.06. The Labute approximate surface area is 142 Å². The maximum absolute atomic E-state index is 12.2. The van der Waals surface area contributed by atoms with Crippen LogP contribution in [0.15, 0.2) is 18.2 Å². The lowest BCUT2D eigenvalue weighted by molar-refractivity contribution is -0.124. The van der Waals surface area contributed by atoms with Crippen molar-refractivity contribution in [3.63, 3.8) is 0 Å². The molecule has 1 aliphatic rings. The third-order valence-electron chi connectivity index (χ3n) is 3.82. The number of likely N-dealkylation sites (N-methyl/N-ethyl adjacent to an activating group) is 1. The van der Waals surface area contributed by atoms with E-state index in [1.807, 2.05) is 44.0 Å². The molecule has 0 bridgehead atoms. The molecule has 1 heterocycles. The predicted molar refractivity (Wildman–Crippen MR) is 89.9 cm³/mol. The van der Waals surface area contributed by atoms with Crippen LogP contribution in [0.1, 0.15) is 26.3 Å². The molecule has 0 spiro atoms. The molecular weight excluding hydrogens is 310 g/mol. The van der Waals surface area contributed by atoms with Crippen LogP contribution in [0.4, 0.5) is 4.79 Å². The van der Waals surface area contributed by atoms with E-state index >= 15 is 0 Å². The van der Waals surface area contributed by atoms with Crippen molar-refractivity contribution in [3.05, 3.63) is 23.8 Å². The minimum Gasteiger partial charge on any atom is -0.454 e. The molecule has 0 saturated heterocycles. The zero-order valence-corrected chi connectivity index (χ0v) is 14.6. The Hall–Kier alpha value is -2.28. The molecule has 2 N–H and O–H groups in total. The van der Waals surface area contributed by atoms with Crippen LogP contribution in [0.3, 0.4) is 0 Å². The van der Waals surface area contributed by atoms with Crippen LogP contribution in [0.25, 0.3) is 0 Å². The van der Waals surface area contributed by atoms with Gasteiger partial charge in [-0.05, 0) is 37.6 Å². The Morgan fingerprint density at radius 2 is 1.92 bits per heavy atom. The highest BCUT2D eigenvalue weighted by Gasteiger charge is 2.21. The first kappa shape index (κ1) is 18.1. The Bertz CT molecular complexity index is 603. The molecule has 1 atom stereocenters. The summed E-state index contributed by atoms with van der Waals surface area (Å²) in [5.74, 6) is 1.44. The fourth-order valence-electron chi connectivity index (χ4n) is 2.22. The van der Waals surface area contributed by atoms with Crippen molar-refractivity contribution in [2.45, 2.75) is 33.4 Å². The van der Waals surface area contributed by atoms with Gasteiger partial charge in [-0.1, -0.05) is 19.9 Å². The highest BCUT2D eigenvalue weighted by atomic mass is 16.7. The second-order valence-electron chi connectivity index (χ2n) is 6.37. The molecule has 24 heavy (non-hydrogen) atoms. The number of urea groups is 1. The Morgan fingerprint density at radius 1 is 1.21 bits per heavy atom. The summed E-state index contributed by atoms with van der Waals surface area (Å²) in [5.41, 5.74) is 1.01. The van der Waals surface area contributed by atoms with Crippen molar-refractivity contribution >= 4 is 11.9 Å². The van der Waals surface area contributed by atoms with E-state index in [4.69, 9.17) is 9.47 Å². The number of carbonyl (C=O) groups excluding carboxylic acids is 2. The van der Waals surface area contributed by atoms with Crippen molar-refractivity contribution in [2.24, 2.45) is 5.92 Å². The Balaban J connectivity index is 1.85. The van der Waals surface area contributed by atoms with Gasteiger partial charge in [-0.15, -0.1) is 0 Å². The van der Waals surface area contributed by atoms with Crippen molar-refractivity contribution < 1.29 is 19.1 Å². The van der Waals surface area contributed by atoms with Crippen LogP contribution in [0, 0.1) is 5.92 Å². The summed E-state index contributed by atoms with van der Waals surface area (Å²) in [6, 6.07) is 4.79. The van der Waals surface area contributed by atoms with Crippen LogP contribution in [0.5, 0.6) is 11.5 Å². The van der Waals surface area contributed by atoms with Crippen molar-refractivity contribution in [1.82, 2.24) is 15.5 Å². The van der Waals surface area contributed by atoms with E-state index in [9.17, 15) is 9.59 Å². The summed E-state index contributed by atoms with van der Waals surface area (Å²) < 4.78 is 10.6. The summed E-state index contributed by atoms with van der Waals surface area (Å²) in [6.07, 6.45) is 0. The van der Waals surface area contributed by atoms with E-state index in [0.29, 0.717) is 24.8 Å². The predicted octanol–water partition coefficient (Wildman–Crippen LogP) is 1.72. The molecule has 7 nitrogen and oxygen atoms in total. The summed E-state index contributed by atoms with van der Waals surface area (Å²) in [5, 5.41) is 5.03. The molecule has 2 rings (SSSR count). The number of fused-ring (bicyclic) bond motifs is 1. The first-order chi connectivity index (χ1) is 11.4. The van der Waals surface area contributed by atoms with Crippen LogP contribution in [-0.2, 0) is 11.3 Å².